The number of ether oxygens (including phenoxy) is 2. The van der Waals surface area contributed by atoms with E-state index in [2.05, 4.69) is 14.2 Å². The van der Waals surface area contributed by atoms with Gasteiger partial charge in [0.05, 0.1) is 32.3 Å². The molecule has 0 bridgehead atoms. The van der Waals surface area contributed by atoms with E-state index >= 15 is 0 Å². The highest BCUT2D eigenvalue weighted by atomic mass is 32.2. The van der Waals surface area contributed by atoms with Crippen LogP contribution in [0.15, 0.2) is 0 Å². The van der Waals surface area contributed by atoms with E-state index in [4.69, 9.17) is 0 Å². The van der Waals surface area contributed by atoms with Crippen LogP contribution in [0.3, 0.4) is 0 Å². The van der Waals surface area contributed by atoms with E-state index in [0.29, 0.717) is 0 Å². The first-order chi connectivity index (χ1) is 7.91. The van der Waals surface area contributed by atoms with Gasteiger partial charge in [-0.3, -0.25) is 9.59 Å². The van der Waals surface area contributed by atoms with Crippen molar-refractivity contribution < 1.29 is 27.5 Å². The molecule has 0 aromatic heterocycles. The summed E-state index contributed by atoms with van der Waals surface area (Å²) >= 11 is 0. The minimum Gasteiger partial charge on any atom is -0.469 e. The van der Waals surface area contributed by atoms with Crippen molar-refractivity contribution in [2.75, 3.05) is 26.0 Å². The molecule has 0 rings (SSSR count). The first-order valence-electron chi connectivity index (χ1n) is 5.11. The molecule has 0 aliphatic carbocycles. The van der Waals surface area contributed by atoms with Gasteiger partial charge in [-0.25, -0.2) is 13.1 Å². The monoisotopic (exact) mass is 267 g/mol. The van der Waals surface area contributed by atoms with Crippen LogP contribution in [0, 0.1) is 0 Å². The maximum Gasteiger partial charge on any atom is 0.306 e. The third kappa shape index (κ3) is 8.64. The maximum absolute atomic E-state index is 11.3. The van der Waals surface area contributed by atoms with Gasteiger partial charge < -0.3 is 9.47 Å². The van der Waals surface area contributed by atoms with Crippen LogP contribution in [0.4, 0.5) is 0 Å². The zero-order valence-corrected chi connectivity index (χ0v) is 10.7. The quantitative estimate of drug-likeness (QED) is 0.591. The molecule has 0 unspecified atom stereocenters. The van der Waals surface area contributed by atoms with Crippen LogP contribution >= 0.6 is 0 Å². The maximum atomic E-state index is 11.3. The Morgan fingerprint density at radius 2 is 1.82 bits per heavy atom. The van der Waals surface area contributed by atoms with Gasteiger partial charge in [-0.15, -0.1) is 0 Å². The number of esters is 2. The molecule has 0 fully saturated rings. The van der Waals surface area contributed by atoms with Gasteiger partial charge in [0.15, 0.2) is 0 Å². The van der Waals surface area contributed by atoms with Crippen LogP contribution in [0.2, 0.25) is 0 Å². The number of carbonyl (C=O) groups excluding carboxylic acids is 2. The molecule has 17 heavy (non-hydrogen) atoms. The topological polar surface area (TPSA) is 98.8 Å². The highest BCUT2D eigenvalue weighted by molar-refractivity contribution is 7.89. The molecule has 0 amide bonds. The van der Waals surface area contributed by atoms with Gasteiger partial charge in [0, 0.05) is 6.54 Å². The molecule has 1 N–H and O–H groups in total. The fraction of sp³-hybridized carbons (Fsp3) is 0.778. The number of sulfonamides is 1. The van der Waals surface area contributed by atoms with E-state index in [1.54, 1.807) is 6.92 Å². The molecule has 0 aliphatic rings. The molecule has 0 saturated heterocycles. The van der Waals surface area contributed by atoms with Crippen molar-refractivity contribution in [2.45, 2.75) is 19.8 Å². The Hall–Kier alpha value is -1.15. The van der Waals surface area contributed by atoms with Crippen molar-refractivity contribution in [2.24, 2.45) is 0 Å². The molecule has 7 nitrogen and oxygen atoms in total. The molecule has 0 radical (unpaired) electrons. The Morgan fingerprint density at radius 1 is 1.18 bits per heavy atom. The van der Waals surface area contributed by atoms with Gasteiger partial charge in [-0.2, -0.15) is 0 Å². The minimum atomic E-state index is -3.56. The predicted molar refractivity (Wildman–Crippen MR) is 59.7 cm³/mol. The normalized spacial score (nSPS) is 10.9. The van der Waals surface area contributed by atoms with Gasteiger partial charge >= 0.3 is 11.9 Å². The summed E-state index contributed by atoms with van der Waals surface area (Å²) in [4.78, 5) is 21.6. The highest BCUT2D eigenvalue weighted by Crippen LogP contribution is 1.93. The molecule has 0 atom stereocenters. The molecule has 0 spiro atoms. The van der Waals surface area contributed by atoms with Gasteiger partial charge in [0.1, 0.15) is 0 Å². The molecule has 0 aromatic carbocycles. The van der Waals surface area contributed by atoms with Gasteiger partial charge in [0.2, 0.25) is 10.0 Å². The second-order valence-corrected chi connectivity index (χ2v) is 5.02. The summed E-state index contributed by atoms with van der Waals surface area (Å²) < 4.78 is 33.8. The zero-order valence-electron chi connectivity index (χ0n) is 9.89. The molecule has 0 saturated carbocycles. The average Bonchev–Trinajstić information content (AvgIpc) is 2.26. The molecule has 8 heteroatoms. The lowest BCUT2D eigenvalue weighted by Crippen LogP contribution is -2.30. The van der Waals surface area contributed by atoms with E-state index in [-0.39, 0.29) is 31.7 Å². The Labute approximate surface area is 101 Å². The Bertz CT molecular complexity index is 350. The van der Waals surface area contributed by atoms with E-state index in [1.165, 1.54) is 7.11 Å². The highest BCUT2D eigenvalue weighted by Gasteiger charge is 2.14. The van der Waals surface area contributed by atoms with Crippen molar-refractivity contribution >= 4 is 22.0 Å². The number of hydrogen-bond donors (Lipinski definition) is 1. The van der Waals surface area contributed by atoms with Crippen LogP contribution in [0.1, 0.15) is 19.8 Å². The average molecular weight is 267 g/mol. The SMILES string of the molecule is CCOC(=O)CCS(=O)(=O)NCCC(=O)OC. The van der Waals surface area contributed by atoms with E-state index in [0.717, 1.165) is 0 Å². The summed E-state index contributed by atoms with van der Waals surface area (Å²) in [6, 6.07) is 0. The van der Waals surface area contributed by atoms with Crippen LogP contribution < -0.4 is 4.72 Å². The van der Waals surface area contributed by atoms with E-state index in [1.807, 2.05) is 0 Å². The second-order valence-electron chi connectivity index (χ2n) is 3.09. The van der Waals surface area contributed by atoms with Crippen molar-refractivity contribution in [1.29, 1.82) is 0 Å². The summed E-state index contributed by atoms with van der Waals surface area (Å²) in [6.45, 7) is 1.81. The standard InChI is InChI=1S/C9H17NO6S/c1-3-16-9(12)5-7-17(13,14)10-6-4-8(11)15-2/h10H,3-7H2,1-2H3. The fourth-order valence-electron chi connectivity index (χ4n) is 0.934. The van der Waals surface area contributed by atoms with Gasteiger partial charge in [-0.1, -0.05) is 0 Å². The summed E-state index contributed by atoms with van der Waals surface area (Å²) in [5.41, 5.74) is 0. The van der Waals surface area contributed by atoms with Crippen LogP contribution in [0.25, 0.3) is 0 Å². The third-order valence-electron chi connectivity index (χ3n) is 1.76. The van der Waals surface area contributed by atoms with Gasteiger partial charge in [-0.05, 0) is 6.92 Å². The largest absolute Gasteiger partial charge is 0.469 e. The lowest BCUT2D eigenvalue weighted by atomic mass is 10.4. The number of methoxy groups -OCH3 is 1. The van der Waals surface area contributed by atoms with Crippen LogP contribution in [-0.2, 0) is 29.1 Å². The van der Waals surface area contributed by atoms with Crippen LogP contribution in [0.5, 0.6) is 0 Å². The lowest BCUT2D eigenvalue weighted by Gasteiger charge is -2.05. The van der Waals surface area contributed by atoms with Crippen molar-refractivity contribution in [1.82, 2.24) is 4.72 Å². The first-order valence-corrected chi connectivity index (χ1v) is 6.76. The van der Waals surface area contributed by atoms with Crippen molar-refractivity contribution in [3.63, 3.8) is 0 Å². The lowest BCUT2D eigenvalue weighted by molar-refractivity contribution is -0.143. The molecule has 0 aliphatic heterocycles. The van der Waals surface area contributed by atoms with Crippen LogP contribution in [-0.4, -0.2) is 46.4 Å². The smallest absolute Gasteiger partial charge is 0.306 e. The fourth-order valence-corrected chi connectivity index (χ4v) is 1.93. The number of rotatable bonds is 8. The second kappa shape index (κ2) is 8.02. The Balaban J connectivity index is 3.88. The predicted octanol–water partition coefficient (Wildman–Crippen LogP) is -0.578. The molecular formula is C9H17NO6S. The zero-order chi connectivity index (χ0) is 13.3. The van der Waals surface area contributed by atoms with E-state index < -0.39 is 22.0 Å². The number of hydrogen-bond acceptors (Lipinski definition) is 6. The Kier molecular flexibility index (Phi) is 7.47. The summed E-state index contributed by atoms with van der Waals surface area (Å²) in [6.07, 6.45) is -0.253. The molecular weight excluding hydrogens is 250 g/mol. The molecule has 0 heterocycles. The van der Waals surface area contributed by atoms with Crippen molar-refractivity contribution in [3.8, 4) is 0 Å². The Morgan fingerprint density at radius 3 is 2.35 bits per heavy atom. The summed E-state index contributed by atoms with van der Waals surface area (Å²) in [5.74, 6) is -1.42. The summed E-state index contributed by atoms with van der Waals surface area (Å²) in [7, 11) is -2.34. The van der Waals surface area contributed by atoms with Crippen molar-refractivity contribution in [3.05, 3.63) is 0 Å². The first kappa shape index (κ1) is 15.9. The summed E-state index contributed by atoms with van der Waals surface area (Å²) in [5, 5.41) is 0. The van der Waals surface area contributed by atoms with Gasteiger partial charge in [0.25, 0.3) is 0 Å². The van der Waals surface area contributed by atoms with E-state index in [9.17, 15) is 18.0 Å². The third-order valence-corrected chi connectivity index (χ3v) is 3.14. The minimum absolute atomic E-state index is 0.0438. The molecule has 0 aromatic rings. The number of carbonyl (C=O) groups is 2. The molecule has 100 valence electrons. The number of nitrogens with one attached hydrogen (secondary N) is 1.